The lowest BCUT2D eigenvalue weighted by atomic mass is 9.91. The zero-order valence-electron chi connectivity index (χ0n) is 12.4. The largest absolute Gasteiger partial charge is 0.497 e. The van der Waals surface area contributed by atoms with Crippen molar-refractivity contribution in [1.82, 2.24) is 10.2 Å². The summed E-state index contributed by atoms with van der Waals surface area (Å²) in [6.07, 6.45) is 2.65. The molecule has 0 amide bonds. The summed E-state index contributed by atoms with van der Waals surface area (Å²) in [5, 5.41) is 3.39. The molecule has 2 unspecified atom stereocenters. The van der Waals surface area contributed by atoms with Crippen molar-refractivity contribution < 1.29 is 4.74 Å². The van der Waals surface area contributed by atoms with E-state index in [2.05, 4.69) is 42.4 Å². The van der Waals surface area contributed by atoms with Crippen LogP contribution in [0.25, 0.3) is 0 Å². The highest BCUT2D eigenvalue weighted by atomic mass is 16.5. The molecule has 0 aromatic heterocycles. The minimum Gasteiger partial charge on any atom is -0.497 e. The lowest BCUT2D eigenvalue weighted by Crippen LogP contribution is -2.43. The van der Waals surface area contributed by atoms with Gasteiger partial charge in [-0.05, 0) is 57.0 Å². The van der Waals surface area contributed by atoms with Crippen LogP contribution >= 0.6 is 0 Å². The van der Waals surface area contributed by atoms with Crippen LogP contribution in [0.4, 0.5) is 0 Å². The van der Waals surface area contributed by atoms with E-state index in [-0.39, 0.29) is 0 Å². The second-order valence-electron chi connectivity index (χ2n) is 5.57. The van der Waals surface area contributed by atoms with Crippen LogP contribution in [0.1, 0.15) is 25.3 Å². The summed E-state index contributed by atoms with van der Waals surface area (Å²) in [4.78, 5) is 2.57. The Bertz CT molecular complexity index is 394. The topological polar surface area (TPSA) is 24.5 Å². The summed E-state index contributed by atoms with van der Waals surface area (Å²) < 4.78 is 5.29. The van der Waals surface area contributed by atoms with Crippen LogP contribution in [0.3, 0.4) is 0 Å². The second-order valence-corrected chi connectivity index (χ2v) is 5.57. The van der Waals surface area contributed by atoms with Gasteiger partial charge in [0, 0.05) is 19.1 Å². The van der Waals surface area contributed by atoms with Crippen LogP contribution in [0, 0.1) is 5.92 Å². The Balaban J connectivity index is 1.94. The summed E-state index contributed by atoms with van der Waals surface area (Å²) in [6, 6.07) is 9.02. The molecule has 0 spiro atoms. The Labute approximate surface area is 116 Å². The van der Waals surface area contributed by atoms with Gasteiger partial charge in [-0.2, -0.15) is 0 Å². The van der Waals surface area contributed by atoms with Gasteiger partial charge in [0.15, 0.2) is 0 Å². The summed E-state index contributed by atoms with van der Waals surface area (Å²) in [5.74, 6) is 1.72. The van der Waals surface area contributed by atoms with Gasteiger partial charge >= 0.3 is 0 Å². The van der Waals surface area contributed by atoms with Crippen molar-refractivity contribution in [3.05, 3.63) is 29.8 Å². The number of likely N-dealkylation sites (tertiary alicyclic amines) is 1. The van der Waals surface area contributed by atoms with E-state index in [4.69, 9.17) is 4.74 Å². The highest BCUT2D eigenvalue weighted by Crippen LogP contribution is 2.22. The molecule has 19 heavy (non-hydrogen) atoms. The van der Waals surface area contributed by atoms with Gasteiger partial charge in [-0.15, -0.1) is 0 Å². The van der Waals surface area contributed by atoms with Gasteiger partial charge in [-0.3, -0.25) is 4.90 Å². The van der Waals surface area contributed by atoms with Gasteiger partial charge in [0.25, 0.3) is 0 Å². The van der Waals surface area contributed by atoms with Gasteiger partial charge in [0.2, 0.25) is 0 Å². The molecule has 0 radical (unpaired) electrons. The Hall–Kier alpha value is -1.06. The lowest BCUT2D eigenvalue weighted by Gasteiger charge is -2.35. The van der Waals surface area contributed by atoms with Crippen LogP contribution in [-0.4, -0.2) is 38.2 Å². The van der Waals surface area contributed by atoms with Gasteiger partial charge in [-0.1, -0.05) is 12.1 Å². The van der Waals surface area contributed by atoms with Gasteiger partial charge in [0.05, 0.1) is 7.11 Å². The molecule has 1 saturated heterocycles. The van der Waals surface area contributed by atoms with Crippen molar-refractivity contribution in [2.24, 2.45) is 5.92 Å². The molecule has 1 N–H and O–H groups in total. The molecular weight excluding hydrogens is 236 g/mol. The maximum absolute atomic E-state index is 5.29. The maximum Gasteiger partial charge on any atom is 0.119 e. The van der Waals surface area contributed by atoms with Gasteiger partial charge in [0.1, 0.15) is 5.75 Å². The van der Waals surface area contributed by atoms with Crippen LogP contribution in [0.2, 0.25) is 0 Å². The third kappa shape index (κ3) is 3.95. The molecule has 0 bridgehead atoms. The molecule has 1 heterocycles. The zero-order chi connectivity index (χ0) is 13.7. The third-order valence-corrected chi connectivity index (χ3v) is 4.24. The van der Waals surface area contributed by atoms with Crippen molar-refractivity contribution in [1.29, 1.82) is 0 Å². The molecule has 1 aliphatic rings. The van der Waals surface area contributed by atoms with Gasteiger partial charge < -0.3 is 10.1 Å². The van der Waals surface area contributed by atoms with E-state index in [1.165, 1.54) is 31.5 Å². The average Bonchev–Trinajstić information content (AvgIpc) is 2.47. The number of nitrogens with one attached hydrogen (secondary N) is 1. The maximum atomic E-state index is 5.29. The summed E-state index contributed by atoms with van der Waals surface area (Å²) in [5.41, 5.74) is 1.34. The fraction of sp³-hybridized carbons (Fsp3) is 0.625. The second kappa shape index (κ2) is 6.92. The molecule has 0 aliphatic carbocycles. The SMILES string of the molecule is CNC(C)C1CCCN(Cc2cccc(OC)c2)C1. The van der Waals surface area contributed by atoms with E-state index < -0.39 is 0 Å². The summed E-state index contributed by atoms with van der Waals surface area (Å²) >= 11 is 0. The molecule has 3 nitrogen and oxygen atoms in total. The van der Waals surface area contributed by atoms with Crippen molar-refractivity contribution in [3.63, 3.8) is 0 Å². The normalized spacial score (nSPS) is 22.2. The summed E-state index contributed by atoms with van der Waals surface area (Å²) in [6.45, 7) is 5.73. The van der Waals surface area contributed by atoms with Crippen molar-refractivity contribution >= 4 is 0 Å². The smallest absolute Gasteiger partial charge is 0.119 e. The van der Waals surface area contributed by atoms with E-state index in [0.717, 1.165) is 18.2 Å². The van der Waals surface area contributed by atoms with Crippen LogP contribution < -0.4 is 10.1 Å². The standard InChI is InChI=1S/C16H26N2O/c1-13(17-2)15-7-5-9-18(12-15)11-14-6-4-8-16(10-14)19-3/h4,6,8,10,13,15,17H,5,7,9,11-12H2,1-3H3. The van der Waals surface area contributed by atoms with Crippen molar-refractivity contribution in [2.45, 2.75) is 32.4 Å². The van der Waals surface area contributed by atoms with Crippen LogP contribution in [0.15, 0.2) is 24.3 Å². The Kier molecular flexibility index (Phi) is 5.23. The zero-order valence-corrected chi connectivity index (χ0v) is 12.4. The number of hydrogen-bond donors (Lipinski definition) is 1. The van der Waals surface area contributed by atoms with E-state index in [1.54, 1.807) is 7.11 Å². The number of ether oxygens (including phenoxy) is 1. The molecule has 3 heteroatoms. The Morgan fingerprint density at radius 1 is 1.47 bits per heavy atom. The first-order valence-electron chi connectivity index (χ1n) is 7.25. The molecular formula is C16H26N2O. The first-order chi connectivity index (χ1) is 9.22. The van der Waals surface area contributed by atoms with E-state index in [0.29, 0.717) is 6.04 Å². The fourth-order valence-corrected chi connectivity index (χ4v) is 2.91. The lowest BCUT2D eigenvalue weighted by molar-refractivity contribution is 0.147. The molecule has 1 aromatic carbocycles. The quantitative estimate of drug-likeness (QED) is 0.882. The highest BCUT2D eigenvalue weighted by Gasteiger charge is 2.23. The number of methoxy groups -OCH3 is 1. The number of hydrogen-bond acceptors (Lipinski definition) is 3. The minimum absolute atomic E-state index is 0.605. The number of benzene rings is 1. The molecule has 0 saturated carbocycles. The van der Waals surface area contributed by atoms with Gasteiger partial charge in [-0.25, -0.2) is 0 Å². The number of piperidine rings is 1. The molecule has 1 aromatic rings. The molecule has 1 fully saturated rings. The average molecular weight is 262 g/mol. The van der Waals surface area contributed by atoms with Crippen molar-refractivity contribution in [3.8, 4) is 5.75 Å². The first-order valence-corrected chi connectivity index (χ1v) is 7.25. The Morgan fingerprint density at radius 2 is 2.32 bits per heavy atom. The third-order valence-electron chi connectivity index (χ3n) is 4.24. The minimum atomic E-state index is 0.605. The van der Waals surface area contributed by atoms with E-state index in [1.807, 2.05) is 6.07 Å². The predicted molar refractivity (Wildman–Crippen MR) is 79.5 cm³/mol. The molecule has 2 rings (SSSR count). The number of rotatable bonds is 5. The first kappa shape index (κ1) is 14.4. The van der Waals surface area contributed by atoms with Crippen LogP contribution in [-0.2, 0) is 6.54 Å². The molecule has 106 valence electrons. The summed E-state index contributed by atoms with van der Waals surface area (Å²) in [7, 11) is 3.79. The van der Waals surface area contributed by atoms with Crippen LogP contribution in [0.5, 0.6) is 5.75 Å². The Morgan fingerprint density at radius 3 is 3.05 bits per heavy atom. The number of nitrogens with zero attached hydrogens (tertiary/aromatic N) is 1. The van der Waals surface area contributed by atoms with E-state index in [9.17, 15) is 0 Å². The highest BCUT2D eigenvalue weighted by molar-refractivity contribution is 5.28. The van der Waals surface area contributed by atoms with Crippen molar-refractivity contribution in [2.75, 3.05) is 27.2 Å². The molecule has 1 aliphatic heterocycles. The predicted octanol–water partition coefficient (Wildman–Crippen LogP) is 2.52. The molecule has 2 atom stereocenters. The van der Waals surface area contributed by atoms with E-state index >= 15 is 0 Å². The fourth-order valence-electron chi connectivity index (χ4n) is 2.91. The monoisotopic (exact) mass is 262 g/mol.